The highest BCUT2D eigenvalue weighted by Gasteiger charge is 2.32. The van der Waals surface area contributed by atoms with Gasteiger partial charge in [0.25, 0.3) is 10.0 Å². The van der Waals surface area contributed by atoms with E-state index in [1.165, 1.54) is 27.6 Å². The highest BCUT2D eigenvalue weighted by Crippen LogP contribution is 2.31. The van der Waals surface area contributed by atoms with Gasteiger partial charge in [0.2, 0.25) is 5.91 Å². The number of carbonyl (C=O) groups is 1. The molecule has 0 N–H and O–H groups in total. The third-order valence-corrected chi connectivity index (χ3v) is 9.51. The Morgan fingerprint density at radius 3 is 1.85 bits per heavy atom. The van der Waals surface area contributed by atoms with Gasteiger partial charge in [-0.1, -0.05) is 96.5 Å². The standard InChI is InChI=1S/C32H32ClN3O3S/c1-25-17-18-28(23-30(25)33)36(40(38,39)29-15-9-4-10-16-29)24-31(37)34-19-21-35(22-20-34)32(26-11-5-2-6-12-26)27-13-7-3-8-14-27/h2-18,23,32H,19-22,24H2,1H3. The highest BCUT2D eigenvalue weighted by atomic mass is 35.5. The van der Waals surface area contributed by atoms with Gasteiger partial charge in [-0.05, 0) is 47.9 Å². The summed E-state index contributed by atoms with van der Waals surface area (Å²) in [7, 11) is -4.00. The topological polar surface area (TPSA) is 60.9 Å². The smallest absolute Gasteiger partial charge is 0.264 e. The second-order valence-electron chi connectivity index (χ2n) is 9.90. The molecule has 1 aliphatic rings. The Balaban J connectivity index is 1.36. The van der Waals surface area contributed by atoms with Gasteiger partial charge in [0, 0.05) is 31.2 Å². The molecule has 0 aromatic heterocycles. The number of benzene rings is 4. The van der Waals surface area contributed by atoms with Crippen molar-refractivity contribution in [3.8, 4) is 0 Å². The van der Waals surface area contributed by atoms with Crippen LogP contribution in [0.3, 0.4) is 0 Å². The molecule has 0 aliphatic carbocycles. The van der Waals surface area contributed by atoms with Crippen LogP contribution < -0.4 is 4.31 Å². The van der Waals surface area contributed by atoms with Gasteiger partial charge in [0.1, 0.15) is 6.54 Å². The van der Waals surface area contributed by atoms with Gasteiger partial charge < -0.3 is 4.90 Å². The Hall–Kier alpha value is -3.65. The molecule has 40 heavy (non-hydrogen) atoms. The molecule has 0 bridgehead atoms. The second-order valence-corrected chi connectivity index (χ2v) is 12.2. The van der Waals surface area contributed by atoms with E-state index in [1.54, 1.807) is 41.3 Å². The predicted molar refractivity (Wildman–Crippen MR) is 160 cm³/mol. The summed E-state index contributed by atoms with van der Waals surface area (Å²) >= 11 is 6.36. The Labute approximate surface area is 241 Å². The summed E-state index contributed by atoms with van der Waals surface area (Å²) in [5, 5.41) is 0.444. The molecule has 0 unspecified atom stereocenters. The van der Waals surface area contributed by atoms with E-state index in [1.807, 2.05) is 43.3 Å². The first-order chi connectivity index (χ1) is 19.3. The van der Waals surface area contributed by atoms with Gasteiger partial charge in [-0.3, -0.25) is 14.0 Å². The normalized spacial score (nSPS) is 14.3. The number of amides is 1. The monoisotopic (exact) mass is 573 g/mol. The summed E-state index contributed by atoms with van der Waals surface area (Å²) in [6.45, 7) is 3.89. The fraction of sp³-hybridized carbons (Fsp3) is 0.219. The van der Waals surface area contributed by atoms with E-state index < -0.39 is 10.0 Å². The Bertz CT molecular complexity index is 1500. The zero-order valence-corrected chi connectivity index (χ0v) is 23.9. The summed E-state index contributed by atoms with van der Waals surface area (Å²) in [5.74, 6) is -0.244. The highest BCUT2D eigenvalue weighted by molar-refractivity contribution is 7.92. The minimum atomic E-state index is -4.00. The first-order valence-corrected chi connectivity index (χ1v) is 15.1. The number of rotatable bonds is 8. The molecule has 206 valence electrons. The van der Waals surface area contributed by atoms with Crippen molar-refractivity contribution in [3.63, 3.8) is 0 Å². The Morgan fingerprint density at radius 2 is 1.32 bits per heavy atom. The number of carbonyl (C=O) groups excluding carboxylic acids is 1. The lowest BCUT2D eigenvalue weighted by atomic mass is 9.96. The van der Waals surface area contributed by atoms with Crippen LogP contribution in [0.15, 0.2) is 114 Å². The van der Waals surface area contributed by atoms with Crippen molar-refractivity contribution >= 4 is 33.2 Å². The maximum Gasteiger partial charge on any atom is 0.264 e. The molecule has 8 heteroatoms. The molecule has 0 spiro atoms. The SMILES string of the molecule is Cc1ccc(N(CC(=O)N2CCN(C(c3ccccc3)c3ccccc3)CC2)S(=O)(=O)c2ccccc2)cc1Cl. The van der Waals surface area contributed by atoms with E-state index in [0.717, 1.165) is 5.56 Å². The van der Waals surface area contributed by atoms with Crippen LogP contribution in [0.5, 0.6) is 0 Å². The molecule has 1 fully saturated rings. The Kier molecular flexibility index (Phi) is 8.54. The number of nitrogens with zero attached hydrogens (tertiary/aromatic N) is 3. The molecule has 4 aromatic rings. The zero-order valence-electron chi connectivity index (χ0n) is 22.4. The van der Waals surface area contributed by atoms with Crippen molar-refractivity contribution in [1.29, 1.82) is 0 Å². The van der Waals surface area contributed by atoms with Crippen LogP contribution in [0, 0.1) is 6.92 Å². The first kappa shape index (κ1) is 27.9. The van der Waals surface area contributed by atoms with Gasteiger partial charge in [0.05, 0.1) is 16.6 Å². The summed E-state index contributed by atoms with van der Waals surface area (Å²) in [4.78, 5) is 17.9. The lowest BCUT2D eigenvalue weighted by Gasteiger charge is -2.40. The van der Waals surface area contributed by atoms with Crippen LogP contribution >= 0.6 is 11.6 Å². The average molecular weight is 574 g/mol. The van der Waals surface area contributed by atoms with Gasteiger partial charge in [-0.2, -0.15) is 0 Å². The average Bonchev–Trinajstić information content (AvgIpc) is 2.99. The van der Waals surface area contributed by atoms with Crippen molar-refractivity contribution in [2.45, 2.75) is 17.9 Å². The summed E-state index contributed by atoms with van der Waals surface area (Å²) in [5.41, 5.74) is 3.59. The molecular weight excluding hydrogens is 542 g/mol. The van der Waals surface area contributed by atoms with Crippen LogP contribution in [0.1, 0.15) is 22.7 Å². The van der Waals surface area contributed by atoms with E-state index in [2.05, 4.69) is 29.2 Å². The molecular formula is C32H32ClN3O3S. The third kappa shape index (κ3) is 6.07. The minimum Gasteiger partial charge on any atom is -0.339 e. The predicted octanol–water partition coefficient (Wildman–Crippen LogP) is 5.78. The van der Waals surface area contributed by atoms with Crippen molar-refractivity contribution in [1.82, 2.24) is 9.80 Å². The number of hydrogen-bond donors (Lipinski definition) is 0. The molecule has 4 aromatic carbocycles. The number of hydrogen-bond acceptors (Lipinski definition) is 4. The van der Waals surface area contributed by atoms with Crippen molar-refractivity contribution in [2.75, 3.05) is 37.0 Å². The van der Waals surface area contributed by atoms with Gasteiger partial charge in [0.15, 0.2) is 0 Å². The van der Waals surface area contributed by atoms with Crippen molar-refractivity contribution < 1.29 is 13.2 Å². The van der Waals surface area contributed by atoms with Crippen LogP contribution in [0.4, 0.5) is 5.69 Å². The fourth-order valence-corrected chi connectivity index (χ4v) is 6.71. The zero-order chi connectivity index (χ0) is 28.1. The molecule has 6 nitrogen and oxygen atoms in total. The molecule has 0 radical (unpaired) electrons. The van der Waals surface area contributed by atoms with E-state index >= 15 is 0 Å². The molecule has 1 amide bonds. The number of aryl methyl sites for hydroxylation is 1. The third-order valence-electron chi connectivity index (χ3n) is 7.32. The lowest BCUT2D eigenvalue weighted by Crippen LogP contribution is -2.52. The Morgan fingerprint density at radius 1 is 0.800 bits per heavy atom. The summed E-state index contributed by atoms with van der Waals surface area (Å²) < 4.78 is 28.6. The lowest BCUT2D eigenvalue weighted by molar-refractivity contribution is -0.131. The van der Waals surface area contributed by atoms with E-state index in [4.69, 9.17) is 11.6 Å². The van der Waals surface area contributed by atoms with Crippen LogP contribution in [0.2, 0.25) is 5.02 Å². The fourth-order valence-electron chi connectivity index (χ4n) is 5.11. The number of sulfonamides is 1. The van der Waals surface area contributed by atoms with E-state index in [9.17, 15) is 13.2 Å². The molecule has 0 saturated carbocycles. The van der Waals surface area contributed by atoms with Gasteiger partial charge >= 0.3 is 0 Å². The maximum absolute atomic E-state index is 13.7. The minimum absolute atomic E-state index is 0.0734. The number of piperazine rings is 1. The van der Waals surface area contributed by atoms with Crippen LogP contribution in [0.25, 0.3) is 0 Å². The van der Waals surface area contributed by atoms with Crippen LogP contribution in [-0.4, -0.2) is 56.8 Å². The molecule has 0 atom stereocenters. The second kappa shape index (κ2) is 12.3. The first-order valence-electron chi connectivity index (χ1n) is 13.3. The molecule has 5 rings (SSSR count). The van der Waals surface area contributed by atoms with E-state index in [0.29, 0.717) is 36.9 Å². The maximum atomic E-state index is 13.7. The largest absolute Gasteiger partial charge is 0.339 e. The van der Waals surface area contributed by atoms with Crippen LogP contribution in [-0.2, 0) is 14.8 Å². The van der Waals surface area contributed by atoms with Crippen molar-refractivity contribution in [3.05, 3.63) is 131 Å². The summed E-state index contributed by atoms with van der Waals surface area (Å²) in [6.07, 6.45) is 0. The molecule has 1 saturated heterocycles. The quantitative estimate of drug-likeness (QED) is 0.268. The molecule has 1 aliphatic heterocycles. The summed E-state index contributed by atoms with van der Waals surface area (Å²) in [6, 6.07) is 34.0. The number of halogens is 1. The van der Waals surface area contributed by atoms with Gasteiger partial charge in [-0.15, -0.1) is 0 Å². The van der Waals surface area contributed by atoms with Crippen molar-refractivity contribution in [2.24, 2.45) is 0 Å². The molecule has 1 heterocycles. The number of anilines is 1. The van der Waals surface area contributed by atoms with E-state index in [-0.39, 0.29) is 23.4 Å². The van der Waals surface area contributed by atoms with Gasteiger partial charge in [-0.25, -0.2) is 8.42 Å².